The Labute approximate surface area is 134 Å². The molecule has 6 nitrogen and oxygen atoms in total. The SMILES string of the molecule is COc1cccc(-c2sc(C(=O)O)c(OCC(=O)O)c2Cl)c1. The van der Waals surface area contributed by atoms with Gasteiger partial charge in [0.05, 0.1) is 12.0 Å². The molecule has 116 valence electrons. The average Bonchev–Trinajstić information content (AvgIpc) is 2.82. The number of carboxylic acids is 2. The standard InChI is InChI=1S/C14H11ClO6S/c1-20-8-4-2-3-7(5-8)12-10(15)11(21-6-9(16)17)13(22-12)14(18)19/h2-5H,6H2,1H3,(H,16,17)(H,18,19). The molecule has 1 aromatic carbocycles. The predicted octanol–water partition coefficient (Wildman–Crippen LogP) is 3.24. The smallest absolute Gasteiger partial charge is 0.349 e. The number of carboxylic acid groups (broad SMARTS) is 2. The average molecular weight is 343 g/mol. The van der Waals surface area contributed by atoms with Crippen molar-refractivity contribution < 1.29 is 29.3 Å². The quantitative estimate of drug-likeness (QED) is 0.837. The molecule has 0 radical (unpaired) electrons. The Morgan fingerprint density at radius 1 is 1.32 bits per heavy atom. The summed E-state index contributed by atoms with van der Waals surface area (Å²) in [7, 11) is 1.51. The molecule has 2 rings (SSSR count). The first-order valence-electron chi connectivity index (χ1n) is 5.98. The van der Waals surface area contributed by atoms with Gasteiger partial charge in [-0.15, -0.1) is 11.3 Å². The first kappa shape index (κ1) is 16.1. The minimum Gasteiger partial charge on any atom is -0.497 e. The van der Waals surface area contributed by atoms with E-state index in [2.05, 4.69) is 0 Å². The van der Waals surface area contributed by atoms with Crippen molar-refractivity contribution >= 4 is 34.9 Å². The summed E-state index contributed by atoms with van der Waals surface area (Å²) < 4.78 is 10.1. The van der Waals surface area contributed by atoms with Crippen molar-refractivity contribution in [2.45, 2.75) is 0 Å². The van der Waals surface area contributed by atoms with Gasteiger partial charge in [0.1, 0.15) is 10.8 Å². The van der Waals surface area contributed by atoms with Crippen molar-refractivity contribution in [2.24, 2.45) is 0 Å². The van der Waals surface area contributed by atoms with Gasteiger partial charge in [0, 0.05) is 0 Å². The van der Waals surface area contributed by atoms with Crippen molar-refractivity contribution in [1.82, 2.24) is 0 Å². The highest BCUT2D eigenvalue weighted by Crippen LogP contribution is 2.45. The van der Waals surface area contributed by atoms with E-state index in [0.29, 0.717) is 16.2 Å². The van der Waals surface area contributed by atoms with E-state index in [1.54, 1.807) is 24.3 Å². The summed E-state index contributed by atoms with van der Waals surface area (Å²) in [5, 5.41) is 17.9. The van der Waals surface area contributed by atoms with Gasteiger partial charge in [0.25, 0.3) is 0 Å². The number of carbonyl (C=O) groups is 2. The Morgan fingerprint density at radius 3 is 2.64 bits per heavy atom. The van der Waals surface area contributed by atoms with Crippen LogP contribution in [0.5, 0.6) is 11.5 Å². The molecule has 2 aromatic rings. The monoisotopic (exact) mass is 342 g/mol. The zero-order chi connectivity index (χ0) is 16.3. The molecular weight excluding hydrogens is 332 g/mol. The molecule has 0 fully saturated rings. The molecule has 0 aliphatic carbocycles. The number of ether oxygens (including phenoxy) is 2. The summed E-state index contributed by atoms with van der Waals surface area (Å²) in [5.41, 5.74) is 0.655. The Hall–Kier alpha value is -2.25. The molecule has 0 aliphatic rings. The van der Waals surface area contributed by atoms with Crippen LogP contribution in [0.2, 0.25) is 5.02 Å². The maximum Gasteiger partial charge on any atom is 0.349 e. The number of hydrogen-bond donors (Lipinski definition) is 2. The molecule has 2 N–H and O–H groups in total. The van der Waals surface area contributed by atoms with Crippen LogP contribution >= 0.6 is 22.9 Å². The van der Waals surface area contributed by atoms with Gasteiger partial charge in [-0.25, -0.2) is 9.59 Å². The van der Waals surface area contributed by atoms with Crippen LogP contribution in [-0.2, 0) is 4.79 Å². The first-order chi connectivity index (χ1) is 10.4. The topological polar surface area (TPSA) is 93.1 Å². The molecule has 0 atom stereocenters. The van der Waals surface area contributed by atoms with Crippen LogP contribution in [0.3, 0.4) is 0 Å². The van der Waals surface area contributed by atoms with Crippen molar-refractivity contribution in [2.75, 3.05) is 13.7 Å². The van der Waals surface area contributed by atoms with Gasteiger partial charge in [0.2, 0.25) is 0 Å². The van der Waals surface area contributed by atoms with E-state index in [-0.39, 0.29) is 15.6 Å². The summed E-state index contributed by atoms with van der Waals surface area (Å²) >= 11 is 7.09. The highest BCUT2D eigenvalue weighted by atomic mass is 35.5. The van der Waals surface area contributed by atoms with Crippen LogP contribution in [-0.4, -0.2) is 35.9 Å². The Morgan fingerprint density at radius 2 is 2.05 bits per heavy atom. The first-order valence-corrected chi connectivity index (χ1v) is 7.18. The number of thiophene rings is 1. The Kier molecular flexibility index (Phi) is 4.89. The second-order valence-electron chi connectivity index (χ2n) is 4.12. The van der Waals surface area contributed by atoms with Crippen molar-refractivity contribution in [3.63, 3.8) is 0 Å². The van der Waals surface area contributed by atoms with Gasteiger partial charge >= 0.3 is 11.9 Å². The number of aliphatic carboxylic acids is 1. The second kappa shape index (κ2) is 6.67. The lowest BCUT2D eigenvalue weighted by Crippen LogP contribution is -2.10. The highest BCUT2D eigenvalue weighted by molar-refractivity contribution is 7.18. The fraction of sp³-hybridized carbons (Fsp3) is 0.143. The molecule has 0 saturated carbocycles. The third-order valence-electron chi connectivity index (χ3n) is 2.68. The third kappa shape index (κ3) is 3.32. The molecule has 0 unspecified atom stereocenters. The summed E-state index contributed by atoms with van der Waals surface area (Å²) in [5.74, 6) is -2.01. The van der Waals surface area contributed by atoms with E-state index >= 15 is 0 Å². The van der Waals surface area contributed by atoms with Gasteiger partial charge < -0.3 is 19.7 Å². The number of halogens is 1. The van der Waals surface area contributed by atoms with E-state index in [0.717, 1.165) is 11.3 Å². The van der Waals surface area contributed by atoms with Gasteiger partial charge in [-0.2, -0.15) is 0 Å². The summed E-state index contributed by atoms with van der Waals surface area (Å²) in [6.45, 7) is -0.672. The lowest BCUT2D eigenvalue weighted by Gasteiger charge is -2.04. The van der Waals surface area contributed by atoms with Crippen molar-refractivity contribution in [1.29, 1.82) is 0 Å². The number of rotatable bonds is 6. The normalized spacial score (nSPS) is 10.3. The number of hydrogen-bond acceptors (Lipinski definition) is 5. The maximum absolute atomic E-state index is 11.3. The van der Waals surface area contributed by atoms with Gasteiger partial charge in [-0.05, 0) is 17.7 Å². The molecule has 1 heterocycles. The molecule has 8 heteroatoms. The lowest BCUT2D eigenvalue weighted by atomic mass is 10.2. The van der Waals surface area contributed by atoms with Crippen molar-refractivity contribution in [3.05, 3.63) is 34.2 Å². The van der Waals surface area contributed by atoms with Crippen LogP contribution < -0.4 is 9.47 Å². The van der Waals surface area contributed by atoms with Crippen LogP contribution in [0.25, 0.3) is 10.4 Å². The fourth-order valence-electron chi connectivity index (χ4n) is 1.75. The van der Waals surface area contributed by atoms with Crippen LogP contribution in [0, 0.1) is 0 Å². The van der Waals surface area contributed by atoms with Gasteiger partial charge in [-0.3, -0.25) is 0 Å². The van der Waals surface area contributed by atoms with Crippen LogP contribution in [0.1, 0.15) is 9.67 Å². The fourth-order valence-corrected chi connectivity index (χ4v) is 3.15. The van der Waals surface area contributed by atoms with E-state index in [1.807, 2.05) is 0 Å². The van der Waals surface area contributed by atoms with Crippen molar-refractivity contribution in [3.8, 4) is 21.9 Å². The Balaban J connectivity index is 2.50. The highest BCUT2D eigenvalue weighted by Gasteiger charge is 2.24. The molecule has 0 bridgehead atoms. The molecule has 22 heavy (non-hydrogen) atoms. The van der Waals surface area contributed by atoms with E-state index in [4.69, 9.17) is 26.2 Å². The maximum atomic E-state index is 11.3. The Bertz CT molecular complexity index is 724. The molecule has 0 saturated heterocycles. The predicted molar refractivity (Wildman–Crippen MR) is 81.4 cm³/mol. The van der Waals surface area contributed by atoms with E-state index in [1.165, 1.54) is 7.11 Å². The third-order valence-corrected chi connectivity index (χ3v) is 4.36. The summed E-state index contributed by atoms with van der Waals surface area (Å²) in [6.07, 6.45) is 0. The van der Waals surface area contributed by atoms with Crippen LogP contribution in [0.15, 0.2) is 24.3 Å². The van der Waals surface area contributed by atoms with E-state index in [9.17, 15) is 14.7 Å². The number of methoxy groups -OCH3 is 1. The molecule has 0 aliphatic heterocycles. The summed E-state index contributed by atoms with van der Waals surface area (Å²) in [4.78, 5) is 22.2. The minimum absolute atomic E-state index is 0.0666. The largest absolute Gasteiger partial charge is 0.497 e. The molecule has 0 amide bonds. The minimum atomic E-state index is -1.23. The number of aromatic carboxylic acids is 1. The second-order valence-corrected chi connectivity index (χ2v) is 5.52. The van der Waals surface area contributed by atoms with Crippen LogP contribution in [0.4, 0.5) is 0 Å². The summed E-state index contributed by atoms with van der Waals surface area (Å²) in [6, 6.07) is 6.92. The zero-order valence-corrected chi connectivity index (χ0v) is 12.9. The molecular formula is C14H11ClO6S. The van der Waals surface area contributed by atoms with Gasteiger partial charge in [-0.1, -0.05) is 23.7 Å². The zero-order valence-electron chi connectivity index (χ0n) is 11.3. The number of benzene rings is 1. The van der Waals surface area contributed by atoms with E-state index < -0.39 is 18.5 Å². The molecule has 0 spiro atoms. The lowest BCUT2D eigenvalue weighted by molar-refractivity contribution is -0.139. The molecule has 1 aromatic heterocycles. The van der Waals surface area contributed by atoms with Gasteiger partial charge in [0.15, 0.2) is 17.2 Å².